The molecule has 0 bridgehead atoms. The lowest BCUT2D eigenvalue weighted by molar-refractivity contribution is 0.0976. The minimum Gasteiger partial charge on any atom is -0.317 e. The predicted octanol–water partition coefficient (Wildman–Crippen LogP) is 2.78. The van der Waals surface area contributed by atoms with Crippen molar-refractivity contribution in [3.63, 3.8) is 0 Å². The summed E-state index contributed by atoms with van der Waals surface area (Å²) in [6.45, 7) is 3.12. The number of hydrogen-bond donors (Lipinski definition) is 1. The number of halogens is 1. The van der Waals surface area contributed by atoms with Gasteiger partial charge in [0.25, 0.3) is 0 Å². The molecule has 0 unspecified atom stereocenters. The highest BCUT2D eigenvalue weighted by Crippen LogP contribution is 2.24. The van der Waals surface area contributed by atoms with Crippen LogP contribution in [-0.2, 0) is 23.0 Å². The minimum atomic E-state index is -3.16. The molecule has 1 fully saturated rings. The highest BCUT2D eigenvalue weighted by molar-refractivity contribution is 7.88. The van der Waals surface area contributed by atoms with Crippen LogP contribution < -0.4 is 5.32 Å². The number of piperidine rings is 1. The smallest absolute Gasteiger partial charge is 0.211 e. The van der Waals surface area contributed by atoms with Crippen LogP contribution in [0.25, 0.3) is 0 Å². The van der Waals surface area contributed by atoms with Gasteiger partial charge in [-0.25, -0.2) is 8.42 Å². The van der Waals surface area contributed by atoms with Crippen molar-refractivity contribution in [3.05, 3.63) is 34.9 Å². The molecule has 3 rings (SSSR count). The topological polar surface area (TPSA) is 66.5 Å². The highest BCUT2D eigenvalue weighted by atomic mass is 35.5. The first-order chi connectivity index (χ1) is 11.9. The average molecular weight is 401 g/mol. The third-order valence-electron chi connectivity index (χ3n) is 5.45. The van der Waals surface area contributed by atoms with Crippen molar-refractivity contribution >= 4 is 28.2 Å². The number of rotatable bonds is 6. The summed E-state index contributed by atoms with van der Waals surface area (Å²) in [5.74, 6) is 0.974. The molecule has 0 atom stereocenters. The summed E-state index contributed by atoms with van der Waals surface area (Å²) in [5, 5.41) is 3.37. The quantitative estimate of drug-likeness (QED) is 0.745. The SMILES string of the molecule is CS(=O)(=O)N1CCc2cc(C(=O)CCCC3CCNCC3)ccc2C1.Cl. The van der Waals surface area contributed by atoms with Crippen molar-refractivity contribution in [2.24, 2.45) is 5.92 Å². The van der Waals surface area contributed by atoms with E-state index in [2.05, 4.69) is 5.32 Å². The van der Waals surface area contributed by atoms with Gasteiger partial charge in [-0.3, -0.25) is 4.79 Å². The lowest BCUT2D eigenvalue weighted by Gasteiger charge is -2.27. The van der Waals surface area contributed by atoms with Crippen LogP contribution in [-0.4, -0.2) is 44.4 Å². The van der Waals surface area contributed by atoms with Gasteiger partial charge < -0.3 is 5.32 Å². The molecule has 2 aliphatic heterocycles. The normalized spacial score (nSPS) is 18.8. The lowest BCUT2D eigenvalue weighted by Crippen LogP contribution is -2.35. The molecule has 0 aromatic heterocycles. The Morgan fingerprint density at radius 2 is 1.96 bits per heavy atom. The zero-order valence-electron chi connectivity index (χ0n) is 15.4. The van der Waals surface area contributed by atoms with E-state index in [1.165, 1.54) is 23.4 Å². The van der Waals surface area contributed by atoms with Gasteiger partial charge in [0.2, 0.25) is 10.0 Å². The van der Waals surface area contributed by atoms with Crippen molar-refractivity contribution in [1.29, 1.82) is 0 Å². The Kier molecular flexibility index (Phi) is 7.64. The van der Waals surface area contributed by atoms with Gasteiger partial charge in [0.15, 0.2) is 5.78 Å². The van der Waals surface area contributed by atoms with Crippen molar-refractivity contribution in [2.45, 2.75) is 45.1 Å². The molecule has 2 heterocycles. The van der Waals surface area contributed by atoms with E-state index in [-0.39, 0.29) is 18.2 Å². The number of carbonyl (C=O) groups is 1. The first-order valence-electron chi connectivity index (χ1n) is 9.24. The number of sulfonamides is 1. The summed E-state index contributed by atoms with van der Waals surface area (Å²) in [4.78, 5) is 12.5. The second-order valence-electron chi connectivity index (χ2n) is 7.34. The molecule has 2 aliphatic rings. The van der Waals surface area contributed by atoms with Crippen LogP contribution in [0.15, 0.2) is 18.2 Å². The first-order valence-corrected chi connectivity index (χ1v) is 11.1. The Labute approximate surface area is 163 Å². The molecule has 146 valence electrons. The Morgan fingerprint density at radius 3 is 2.65 bits per heavy atom. The van der Waals surface area contributed by atoms with Crippen LogP contribution in [0.4, 0.5) is 0 Å². The van der Waals surface area contributed by atoms with Crippen LogP contribution in [0.1, 0.15) is 53.6 Å². The maximum absolute atomic E-state index is 12.5. The molecule has 26 heavy (non-hydrogen) atoms. The highest BCUT2D eigenvalue weighted by Gasteiger charge is 2.23. The minimum absolute atomic E-state index is 0. The number of Topliss-reactive ketones (excluding diaryl/α,β-unsaturated/α-hetero) is 1. The van der Waals surface area contributed by atoms with E-state index in [0.717, 1.165) is 48.5 Å². The zero-order chi connectivity index (χ0) is 17.9. The van der Waals surface area contributed by atoms with Gasteiger partial charge in [-0.15, -0.1) is 12.4 Å². The molecule has 7 heteroatoms. The summed E-state index contributed by atoms with van der Waals surface area (Å²) >= 11 is 0. The van der Waals surface area contributed by atoms with Crippen molar-refractivity contribution in [2.75, 3.05) is 25.9 Å². The Morgan fingerprint density at radius 1 is 1.23 bits per heavy atom. The van der Waals surface area contributed by atoms with E-state index < -0.39 is 10.0 Å². The maximum Gasteiger partial charge on any atom is 0.211 e. The van der Waals surface area contributed by atoms with Crippen LogP contribution in [0, 0.1) is 5.92 Å². The molecule has 0 aliphatic carbocycles. The zero-order valence-corrected chi connectivity index (χ0v) is 17.0. The van der Waals surface area contributed by atoms with Crippen LogP contribution in [0.2, 0.25) is 0 Å². The van der Waals surface area contributed by atoms with E-state index in [9.17, 15) is 13.2 Å². The largest absolute Gasteiger partial charge is 0.317 e. The number of hydrogen-bond acceptors (Lipinski definition) is 4. The number of ketones is 1. The van der Waals surface area contributed by atoms with Gasteiger partial charge in [0.1, 0.15) is 0 Å². The fourth-order valence-electron chi connectivity index (χ4n) is 3.85. The van der Waals surface area contributed by atoms with E-state index in [1.807, 2.05) is 18.2 Å². The van der Waals surface area contributed by atoms with E-state index >= 15 is 0 Å². The second-order valence-corrected chi connectivity index (χ2v) is 9.32. The van der Waals surface area contributed by atoms with E-state index in [0.29, 0.717) is 25.9 Å². The van der Waals surface area contributed by atoms with Crippen LogP contribution in [0.3, 0.4) is 0 Å². The third kappa shape index (κ3) is 5.52. The molecule has 0 radical (unpaired) electrons. The first kappa shape index (κ1) is 21.4. The monoisotopic (exact) mass is 400 g/mol. The molecule has 0 spiro atoms. The lowest BCUT2D eigenvalue weighted by atomic mass is 9.91. The average Bonchev–Trinajstić information content (AvgIpc) is 2.61. The molecule has 0 amide bonds. The van der Waals surface area contributed by atoms with Gasteiger partial charge in [-0.05, 0) is 68.3 Å². The van der Waals surface area contributed by atoms with Crippen molar-refractivity contribution < 1.29 is 13.2 Å². The van der Waals surface area contributed by atoms with E-state index in [4.69, 9.17) is 0 Å². The Balaban J connectivity index is 0.00000243. The van der Waals surface area contributed by atoms with E-state index in [1.54, 1.807) is 0 Å². The molecule has 1 saturated heterocycles. The van der Waals surface area contributed by atoms with Crippen molar-refractivity contribution in [1.82, 2.24) is 9.62 Å². The fraction of sp³-hybridized carbons (Fsp3) is 0.632. The standard InChI is InChI=1S/C19H28N2O3S.ClH/c1-25(23,24)21-12-9-16-13-17(5-6-18(16)14-21)19(22)4-2-3-15-7-10-20-11-8-15;/h5-6,13,15,20H,2-4,7-12,14H2,1H3;1H. The summed E-state index contributed by atoms with van der Waals surface area (Å²) in [6, 6.07) is 5.76. The Hall–Kier alpha value is -0.950. The number of carbonyl (C=O) groups excluding carboxylic acids is 1. The molecular weight excluding hydrogens is 372 g/mol. The number of nitrogens with zero attached hydrogens (tertiary/aromatic N) is 1. The van der Waals surface area contributed by atoms with Gasteiger partial charge >= 0.3 is 0 Å². The number of fused-ring (bicyclic) bond motifs is 1. The van der Waals surface area contributed by atoms with Gasteiger partial charge in [0, 0.05) is 25.1 Å². The number of benzene rings is 1. The van der Waals surface area contributed by atoms with Crippen LogP contribution in [0.5, 0.6) is 0 Å². The van der Waals surface area contributed by atoms with Crippen LogP contribution >= 0.6 is 12.4 Å². The predicted molar refractivity (Wildman–Crippen MR) is 106 cm³/mol. The van der Waals surface area contributed by atoms with Crippen molar-refractivity contribution in [3.8, 4) is 0 Å². The summed E-state index contributed by atoms with van der Waals surface area (Å²) in [6.07, 6.45) is 7.09. The molecule has 0 saturated carbocycles. The summed E-state index contributed by atoms with van der Waals surface area (Å²) < 4.78 is 24.9. The number of nitrogens with one attached hydrogen (secondary N) is 1. The molecule has 1 aromatic rings. The second kappa shape index (κ2) is 9.31. The molecule has 5 nitrogen and oxygen atoms in total. The Bertz CT molecular complexity index is 730. The maximum atomic E-state index is 12.5. The molecule has 1 aromatic carbocycles. The van der Waals surface area contributed by atoms with Gasteiger partial charge in [-0.2, -0.15) is 4.31 Å². The summed E-state index contributed by atoms with van der Waals surface area (Å²) in [7, 11) is -3.16. The fourth-order valence-corrected chi connectivity index (χ4v) is 4.65. The summed E-state index contributed by atoms with van der Waals surface area (Å²) in [5.41, 5.74) is 2.91. The molecule has 1 N–H and O–H groups in total. The van der Waals surface area contributed by atoms with Gasteiger partial charge in [-0.1, -0.05) is 12.1 Å². The van der Waals surface area contributed by atoms with Gasteiger partial charge in [0.05, 0.1) is 6.26 Å². The molecular formula is C19H29ClN2O3S. The third-order valence-corrected chi connectivity index (χ3v) is 6.70.